The lowest BCUT2D eigenvalue weighted by Crippen LogP contribution is -2.48. The minimum absolute atomic E-state index is 0.0560. The number of halogens is 3. The number of piperidine rings is 1. The highest BCUT2D eigenvalue weighted by atomic mass is 32.2. The van der Waals surface area contributed by atoms with Gasteiger partial charge in [0.1, 0.15) is 5.75 Å². The standard InChI is InChI=1S/C33H41F3N6O4S/c1-21-7-10-23(29(16-21)41(2)47(4,44)45)11-13-27-26(33(34,35)36)18-37-32(39-27)40-28-14-12-24(17-30(28)46-3)31(43)38-25-6-5-15-42(20-25)19-22-8-9-22/h7,10,12,14,16-18,22,25H,5-6,8-9,11,13,15,19-20H2,1-4H3,(H,38,43)(H,37,39,40)/t25-/m1/s1. The largest absolute Gasteiger partial charge is 0.495 e. The molecule has 0 bridgehead atoms. The van der Waals surface area contributed by atoms with Crippen LogP contribution < -0.4 is 19.7 Å². The molecule has 1 atom stereocenters. The first-order valence-corrected chi connectivity index (χ1v) is 17.5. The number of amides is 1. The van der Waals surface area contributed by atoms with Gasteiger partial charge in [-0.3, -0.25) is 9.10 Å². The highest BCUT2D eigenvalue weighted by Gasteiger charge is 2.35. The van der Waals surface area contributed by atoms with Gasteiger partial charge in [0, 0.05) is 37.9 Å². The fraction of sp³-hybridized carbons (Fsp3) is 0.485. The molecule has 2 aromatic carbocycles. The van der Waals surface area contributed by atoms with Gasteiger partial charge in [-0.25, -0.2) is 18.4 Å². The molecule has 14 heteroatoms. The second kappa shape index (κ2) is 14.1. The van der Waals surface area contributed by atoms with Gasteiger partial charge in [-0.05, 0) is 93.3 Å². The van der Waals surface area contributed by atoms with Crippen LogP contribution in [-0.4, -0.2) is 75.3 Å². The SMILES string of the molecule is COc1cc(C(=O)N[C@@H]2CCCN(CC3CC3)C2)ccc1Nc1ncc(C(F)(F)F)c(CCc2ccc(C)cc2N(C)S(C)(=O)=O)n1. The number of carbonyl (C=O) groups is 1. The molecule has 0 radical (unpaired) electrons. The van der Waals surface area contributed by atoms with Crippen molar-refractivity contribution < 1.29 is 31.1 Å². The molecule has 1 aliphatic heterocycles. The smallest absolute Gasteiger partial charge is 0.419 e. The number of sulfonamides is 1. The molecule has 1 amide bonds. The molecule has 3 aromatic rings. The molecule has 0 spiro atoms. The van der Waals surface area contributed by atoms with Crippen LogP contribution in [0.2, 0.25) is 0 Å². The fourth-order valence-corrected chi connectivity index (χ4v) is 6.37. The Morgan fingerprint density at radius 3 is 2.57 bits per heavy atom. The number of ether oxygens (including phenoxy) is 1. The Labute approximate surface area is 273 Å². The van der Waals surface area contributed by atoms with Crippen LogP contribution in [0, 0.1) is 12.8 Å². The number of carbonyl (C=O) groups excluding carboxylic acids is 1. The van der Waals surface area contributed by atoms with Gasteiger partial charge in [-0.2, -0.15) is 13.2 Å². The molecule has 1 saturated carbocycles. The second-order valence-corrected chi connectivity index (χ2v) is 14.5. The van der Waals surface area contributed by atoms with E-state index in [9.17, 15) is 26.4 Å². The van der Waals surface area contributed by atoms with Crippen LogP contribution in [0.25, 0.3) is 0 Å². The number of aromatic nitrogens is 2. The maximum atomic E-state index is 14.0. The normalized spacial score (nSPS) is 17.3. The molecule has 1 aliphatic carbocycles. The molecule has 2 heterocycles. The minimum atomic E-state index is -4.70. The summed E-state index contributed by atoms with van der Waals surface area (Å²) in [6.45, 7) is 4.77. The third kappa shape index (κ3) is 8.92. The Morgan fingerprint density at radius 2 is 1.89 bits per heavy atom. The van der Waals surface area contributed by atoms with Crippen LogP contribution >= 0.6 is 0 Å². The molecular weight excluding hydrogens is 633 g/mol. The topological polar surface area (TPSA) is 117 Å². The minimum Gasteiger partial charge on any atom is -0.495 e. The zero-order valence-electron chi connectivity index (χ0n) is 27.0. The number of nitrogens with zero attached hydrogens (tertiary/aromatic N) is 4. The summed E-state index contributed by atoms with van der Waals surface area (Å²) in [5, 5.41) is 6.07. The molecule has 0 unspecified atom stereocenters. The number of hydrogen-bond acceptors (Lipinski definition) is 8. The molecule has 1 aromatic heterocycles. The summed E-state index contributed by atoms with van der Waals surface area (Å²) in [5.74, 6) is 0.778. The van der Waals surface area contributed by atoms with Crippen molar-refractivity contribution in [1.82, 2.24) is 20.2 Å². The first-order valence-electron chi connectivity index (χ1n) is 15.7. The van der Waals surface area contributed by atoms with Gasteiger partial charge >= 0.3 is 6.18 Å². The molecule has 2 fully saturated rings. The van der Waals surface area contributed by atoms with E-state index in [0.717, 1.165) is 60.7 Å². The number of nitrogens with one attached hydrogen (secondary N) is 2. The maximum Gasteiger partial charge on any atom is 0.419 e. The Hall–Kier alpha value is -3.91. The van der Waals surface area contributed by atoms with Crippen molar-refractivity contribution in [2.24, 2.45) is 5.92 Å². The predicted molar refractivity (Wildman–Crippen MR) is 175 cm³/mol. The van der Waals surface area contributed by atoms with Crippen LogP contribution in [-0.2, 0) is 29.0 Å². The van der Waals surface area contributed by atoms with Gasteiger partial charge in [0.25, 0.3) is 5.91 Å². The van der Waals surface area contributed by atoms with E-state index in [1.807, 2.05) is 0 Å². The van der Waals surface area contributed by atoms with E-state index in [1.54, 1.807) is 43.3 Å². The quantitative estimate of drug-likeness (QED) is 0.265. The molecule has 47 heavy (non-hydrogen) atoms. The number of rotatable bonds is 12. The van der Waals surface area contributed by atoms with Crippen LogP contribution in [0.1, 0.15) is 58.4 Å². The van der Waals surface area contributed by atoms with Gasteiger partial charge in [0.05, 0.1) is 36.0 Å². The molecule has 1 saturated heterocycles. The summed E-state index contributed by atoms with van der Waals surface area (Å²) in [4.78, 5) is 23.7. The predicted octanol–water partition coefficient (Wildman–Crippen LogP) is 5.34. The number of likely N-dealkylation sites (tertiary alicyclic amines) is 1. The van der Waals surface area contributed by atoms with Crippen molar-refractivity contribution in [3.8, 4) is 5.75 Å². The lowest BCUT2D eigenvalue weighted by Gasteiger charge is -2.33. The summed E-state index contributed by atoms with van der Waals surface area (Å²) in [6, 6.07) is 10.0. The van der Waals surface area contributed by atoms with Crippen molar-refractivity contribution in [3.63, 3.8) is 0 Å². The van der Waals surface area contributed by atoms with E-state index in [1.165, 1.54) is 27.0 Å². The zero-order chi connectivity index (χ0) is 33.9. The molecule has 5 rings (SSSR count). The van der Waals surface area contributed by atoms with Crippen molar-refractivity contribution in [1.29, 1.82) is 0 Å². The van der Waals surface area contributed by atoms with E-state index in [4.69, 9.17) is 4.74 Å². The summed E-state index contributed by atoms with van der Waals surface area (Å²) < 4.78 is 73.1. The molecular formula is C33H41F3N6O4S. The van der Waals surface area contributed by atoms with Gasteiger partial charge < -0.3 is 20.3 Å². The number of benzene rings is 2. The van der Waals surface area contributed by atoms with Crippen molar-refractivity contribution in [2.75, 3.05) is 49.7 Å². The maximum absolute atomic E-state index is 14.0. The lowest BCUT2D eigenvalue weighted by atomic mass is 10.0. The average molecular weight is 675 g/mol. The number of alkyl halides is 3. The summed E-state index contributed by atoms with van der Waals surface area (Å²) in [5.41, 5.74) is 1.30. The number of aryl methyl sites for hydroxylation is 3. The van der Waals surface area contributed by atoms with E-state index in [2.05, 4.69) is 25.5 Å². The first kappa shape index (κ1) is 34.4. The fourth-order valence-electron chi connectivity index (χ4n) is 5.84. The lowest BCUT2D eigenvalue weighted by molar-refractivity contribution is -0.138. The molecule has 254 valence electrons. The van der Waals surface area contributed by atoms with Crippen LogP contribution in [0.4, 0.5) is 30.5 Å². The third-order valence-corrected chi connectivity index (χ3v) is 9.84. The van der Waals surface area contributed by atoms with E-state index < -0.39 is 21.8 Å². The number of hydrogen-bond donors (Lipinski definition) is 2. The Bertz CT molecular complexity index is 1710. The van der Waals surface area contributed by atoms with Crippen molar-refractivity contribution in [3.05, 3.63) is 70.5 Å². The van der Waals surface area contributed by atoms with Gasteiger partial charge in [-0.1, -0.05) is 12.1 Å². The zero-order valence-corrected chi connectivity index (χ0v) is 27.8. The van der Waals surface area contributed by atoms with Gasteiger partial charge in [-0.15, -0.1) is 0 Å². The summed E-state index contributed by atoms with van der Waals surface area (Å²) in [7, 11) is -0.758. The average Bonchev–Trinajstić information content (AvgIpc) is 3.83. The molecule has 10 nitrogen and oxygen atoms in total. The van der Waals surface area contributed by atoms with Gasteiger partial charge in [0.2, 0.25) is 16.0 Å². The van der Waals surface area contributed by atoms with Crippen LogP contribution in [0.15, 0.2) is 42.6 Å². The Morgan fingerprint density at radius 1 is 1.13 bits per heavy atom. The second-order valence-electron chi connectivity index (χ2n) is 12.5. The molecule has 2 aliphatic rings. The highest BCUT2D eigenvalue weighted by molar-refractivity contribution is 7.92. The highest BCUT2D eigenvalue weighted by Crippen LogP contribution is 2.34. The molecule has 2 N–H and O–H groups in total. The summed E-state index contributed by atoms with van der Waals surface area (Å²) in [6.07, 6.45) is 1.58. The van der Waals surface area contributed by atoms with E-state index >= 15 is 0 Å². The van der Waals surface area contributed by atoms with Crippen LogP contribution in [0.5, 0.6) is 5.75 Å². The van der Waals surface area contributed by atoms with E-state index in [-0.39, 0.29) is 36.4 Å². The monoisotopic (exact) mass is 674 g/mol. The summed E-state index contributed by atoms with van der Waals surface area (Å²) >= 11 is 0. The number of anilines is 3. The van der Waals surface area contributed by atoms with Gasteiger partial charge in [0.15, 0.2) is 0 Å². The number of methoxy groups -OCH3 is 1. The van der Waals surface area contributed by atoms with Crippen molar-refractivity contribution in [2.45, 2.75) is 57.7 Å². The third-order valence-electron chi connectivity index (χ3n) is 8.65. The Kier molecular flexibility index (Phi) is 10.3. The van der Waals surface area contributed by atoms with Crippen LogP contribution in [0.3, 0.4) is 0 Å². The Balaban J connectivity index is 1.32. The first-order chi connectivity index (χ1) is 22.2. The van der Waals surface area contributed by atoms with Crippen molar-refractivity contribution >= 4 is 33.3 Å². The van der Waals surface area contributed by atoms with E-state index in [0.29, 0.717) is 28.3 Å².